The molecule has 1 fully saturated rings. The van der Waals surface area contributed by atoms with Crippen LogP contribution in [0.25, 0.3) is 0 Å². The van der Waals surface area contributed by atoms with Gasteiger partial charge in [0.2, 0.25) is 6.10 Å². The molecule has 2 aromatic carbocycles. The molecule has 0 aromatic heterocycles. The maximum atomic E-state index is 12.8. The van der Waals surface area contributed by atoms with E-state index in [1.807, 2.05) is 35.2 Å². The van der Waals surface area contributed by atoms with Gasteiger partial charge in [-0.3, -0.25) is 4.79 Å². The van der Waals surface area contributed by atoms with E-state index in [0.29, 0.717) is 11.3 Å². The Morgan fingerprint density at radius 2 is 1.83 bits per heavy atom. The molecule has 0 saturated carbocycles. The molecular weight excluding hydrogens is 288 g/mol. The Bertz CT molecular complexity index is 716. The van der Waals surface area contributed by atoms with E-state index in [0.717, 1.165) is 31.5 Å². The van der Waals surface area contributed by atoms with Crippen molar-refractivity contribution in [2.24, 2.45) is 0 Å². The van der Waals surface area contributed by atoms with Gasteiger partial charge in [-0.05, 0) is 31.0 Å². The summed E-state index contributed by atoms with van der Waals surface area (Å²) in [5.41, 5.74) is 1.34. The Morgan fingerprint density at radius 1 is 1.09 bits per heavy atom. The summed E-state index contributed by atoms with van der Waals surface area (Å²) in [6.07, 6.45) is 1.40. The van der Waals surface area contributed by atoms with E-state index in [-0.39, 0.29) is 5.91 Å². The zero-order valence-electron chi connectivity index (χ0n) is 12.8. The van der Waals surface area contributed by atoms with Gasteiger partial charge in [0, 0.05) is 18.7 Å². The van der Waals surface area contributed by atoms with Crippen molar-refractivity contribution in [1.29, 1.82) is 5.26 Å². The standard InChI is InChI=1S/C19H18N2O2/c20-14-15-7-6-10-17(13-15)23-18(16-8-2-1-3-9-16)19(22)21-11-4-5-12-21/h1-3,6-10,13,18H,4-5,11-12H2/t18-/m0/s1. The summed E-state index contributed by atoms with van der Waals surface area (Å²) >= 11 is 0. The minimum Gasteiger partial charge on any atom is -0.476 e. The number of nitriles is 1. The SMILES string of the molecule is N#Cc1cccc(O[C@H](C(=O)N2CCCC2)c2ccccc2)c1. The van der Waals surface area contributed by atoms with Crippen LogP contribution < -0.4 is 4.74 Å². The van der Waals surface area contributed by atoms with E-state index >= 15 is 0 Å². The Labute approximate surface area is 135 Å². The molecule has 1 aliphatic heterocycles. The number of carbonyl (C=O) groups is 1. The fourth-order valence-corrected chi connectivity index (χ4v) is 2.77. The average Bonchev–Trinajstić information content (AvgIpc) is 3.15. The number of ether oxygens (including phenoxy) is 1. The first-order chi connectivity index (χ1) is 11.3. The minimum atomic E-state index is -0.678. The predicted molar refractivity (Wildman–Crippen MR) is 86.8 cm³/mol. The molecule has 23 heavy (non-hydrogen) atoms. The van der Waals surface area contributed by atoms with Crippen molar-refractivity contribution >= 4 is 5.91 Å². The molecule has 0 aliphatic carbocycles. The van der Waals surface area contributed by atoms with Crippen LogP contribution in [0.2, 0.25) is 0 Å². The van der Waals surface area contributed by atoms with Gasteiger partial charge in [-0.15, -0.1) is 0 Å². The molecule has 0 N–H and O–H groups in total. The van der Waals surface area contributed by atoms with E-state index in [2.05, 4.69) is 6.07 Å². The van der Waals surface area contributed by atoms with Crippen LogP contribution in [-0.4, -0.2) is 23.9 Å². The zero-order chi connectivity index (χ0) is 16.1. The highest BCUT2D eigenvalue weighted by atomic mass is 16.5. The van der Waals surface area contributed by atoms with Crippen molar-refractivity contribution in [3.63, 3.8) is 0 Å². The molecule has 1 heterocycles. The number of nitrogens with zero attached hydrogens (tertiary/aromatic N) is 2. The number of benzene rings is 2. The summed E-state index contributed by atoms with van der Waals surface area (Å²) in [4.78, 5) is 14.7. The third kappa shape index (κ3) is 3.51. The van der Waals surface area contributed by atoms with Crippen LogP contribution in [-0.2, 0) is 4.79 Å². The lowest BCUT2D eigenvalue weighted by Crippen LogP contribution is -2.35. The molecule has 0 unspecified atom stereocenters. The molecule has 4 nitrogen and oxygen atoms in total. The van der Waals surface area contributed by atoms with Gasteiger partial charge >= 0.3 is 0 Å². The van der Waals surface area contributed by atoms with Gasteiger partial charge in [0.15, 0.2) is 0 Å². The monoisotopic (exact) mass is 306 g/mol. The molecule has 0 bridgehead atoms. The van der Waals surface area contributed by atoms with Crippen molar-refractivity contribution in [2.75, 3.05) is 13.1 Å². The number of amides is 1. The van der Waals surface area contributed by atoms with Crippen LogP contribution >= 0.6 is 0 Å². The van der Waals surface area contributed by atoms with Gasteiger partial charge in [0.05, 0.1) is 11.6 Å². The highest BCUT2D eigenvalue weighted by Gasteiger charge is 2.29. The van der Waals surface area contributed by atoms with Crippen molar-refractivity contribution in [3.8, 4) is 11.8 Å². The number of carbonyl (C=O) groups excluding carboxylic acids is 1. The number of hydrogen-bond acceptors (Lipinski definition) is 3. The average molecular weight is 306 g/mol. The molecule has 1 saturated heterocycles. The third-order valence-corrected chi connectivity index (χ3v) is 3.96. The summed E-state index contributed by atoms with van der Waals surface area (Å²) in [5.74, 6) is 0.515. The topological polar surface area (TPSA) is 53.3 Å². The van der Waals surface area contributed by atoms with Crippen molar-refractivity contribution in [2.45, 2.75) is 18.9 Å². The van der Waals surface area contributed by atoms with Crippen LogP contribution in [0, 0.1) is 11.3 Å². The first-order valence-corrected chi connectivity index (χ1v) is 7.78. The summed E-state index contributed by atoms with van der Waals surface area (Å²) in [6.45, 7) is 1.56. The fourth-order valence-electron chi connectivity index (χ4n) is 2.77. The van der Waals surface area contributed by atoms with Gasteiger partial charge in [-0.25, -0.2) is 0 Å². The highest BCUT2D eigenvalue weighted by molar-refractivity contribution is 5.83. The summed E-state index contributed by atoms with van der Waals surface area (Å²) in [5, 5.41) is 9.01. The number of likely N-dealkylation sites (tertiary alicyclic amines) is 1. The van der Waals surface area contributed by atoms with Gasteiger partial charge in [0.25, 0.3) is 5.91 Å². The molecule has 1 aliphatic rings. The van der Waals surface area contributed by atoms with Gasteiger partial charge in [-0.2, -0.15) is 5.26 Å². The third-order valence-electron chi connectivity index (χ3n) is 3.96. The van der Waals surface area contributed by atoms with Gasteiger partial charge in [0.1, 0.15) is 5.75 Å². The van der Waals surface area contributed by atoms with Crippen LogP contribution in [0.5, 0.6) is 5.75 Å². The van der Waals surface area contributed by atoms with Crippen molar-refractivity contribution in [1.82, 2.24) is 4.90 Å². The second-order valence-corrected chi connectivity index (χ2v) is 5.58. The summed E-state index contributed by atoms with van der Waals surface area (Å²) < 4.78 is 5.97. The second-order valence-electron chi connectivity index (χ2n) is 5.58. The fraction of sp³-hybridized carbons (Fsp3) is 0.263. The second kappa shape index (κ2) is 6.97. The van der Waals surface area contributed by atoms with E-state index in [1.165, 1.54) is 0 Å². The van der Waals surface area contributed by atoms with Crippen LogP contribution in [0.4, 0.5) is 0 Å². The molecule has 3 rings (SSSR count). The molecule has 1 atom stereocenters. The molecule has 0 radical (unpaired) electrons. The highest BCUT2D eigenvalue weighted by Crippen LogP contribution is 2.26. The quantitative estimate of drug-likeness (QED) is 0.871. The zero-order valence-corrected chi connectivity index (χ0v) is 12.8. The summed E-state index contributed by atoms with van der Waals surface area (Å²) in [6, 6.07) is 18.5. The van der Waals surface area contributed by atoms with E-state index in [4.69, 9.17) is 10.00 Å². The van der Waals surface area contributed by atoms with Crippen LogP contribution in [0.15, 0.2) is 54.6 Å². The lowest BCUT2D eigenvalue weighted by Gasteiger charge is -2.24. The van der Waals surface area contributed by atoms with E-state index in [1.54, 1.807) is 24.3 Å². The number of rotatable bonds is 4. The largest absolute Gasteiger partial charge is 0.476 e. The Kier molecular flexibility index (Phi) is 4.58. The van der Waals surface area contributed by atoms with Crippen LogP contribution in [0.1, 0.15) is 30.1 Å². The molecular formula is C19H18N2O2. The van der Waals surface area contributed by atoms with Crippen molar-refractivity contribution in [3.05, 3.63) is 65.7 Å². The molecule has 0 spiro atoms. The van der Waals surface area contributed by atoms with Crippen LogP contribution in [0.3, 0.4) is 0 Å². The Hall–Kier alpha value is -2.80. The lowest BCUT2D eigenvalue weighted by molar-refractivity contribution is -0.137. The predicted octanol–water partition coefficient (Wildman–Crippen LogP) is 3.30. The maximum Gasteiger partial charge on any atom is 0.268 e. The Morgan fingerprint density at radius 3 is 2.52 bits per heavy atom. The van der Waals surface area contributed by atoms with Gasteiger partial charge < -0.3 is 9.64 Å². The maximum absolute atomic E-state index is 12.8. The molecule has 4 heteroatoms. The van der Waals surface area contributed by atoms with Gasteiger partial charge in [-0.1, -0.05) is 36.4 Å². The molecule has 1 amide bonds. The first kappa shape index (κ1) is 15.1. The normalized spacial score (nSPS) is 15.0. The number of hydrogen-bond donors (Lipinski definition) is 0. The Balaban J connectivity index is 1.88. The van der Waals surface area contributed by atoms with Crippen molar-refractivity contribution < 1.29 is 9.53 Å². The summed E-state index contributed by atoms with van der Waals surface area (Å²) in [7, 11) is 0. The first-order valence-electron chi connectivity index (χ1n) is 7.78. The van der Waals surface area contributed by atoms with E-state index in [9.17, 15) is 4.79 Å². The smallest absolute Gasteiger partial charge is 0.268 e. The van der Waals surface area contributed by atoms with E-state index < -0.39 is 6.10 Å². The lowest BCUT2D eigenvalue weighted by atomic mass is 10.1. The minimum absolute atomic E-state index is 0.0175. The molecule has 116 valence electrons. The molecule has 2 aromatic rings.